The van der Waals surface area contributed by atoms with Gasteiger partial charge in [-0.3, -0.25) is 9.48 Å². The van der Waals surface area contributed by atoms with Crippen LogP contribution >= 0.6 is 11.6 Å². The lowest BCUT2D eigenvalue weighted by Crippen LogP contribution is -2.44. The van der Waals surface area contributed by atoms with Gasteiger partial charge in [-0.1, -0.05) is 11.6 Å². The standard InChI is InChI=1S/C18H21ClFN3O2/c1-13(23-11-15(19)9-21-23)18(24)22-8-2-3-14(10-22)12-25-17-6-4-16(20)5-7-17/h4-7,9,11,13-14H,2-3,8,10,12H2,1H3/t13-,14-/m1/s1. The van der Waals surface area contributed by atoms with E-state index in [0.717, 1.165) is 19.4 Å². The minimum absolute atomic E-state index is 0.0336. The molecule has 0 unspecified atom stereocenters. The van der Waals surface area contributed by atoms with E-state index in [1.165, 1.54) is 18.3 Å². The Morgan fingerprint density at radius 2 is 2.20 bits per heavy atom. The maximum absolute atomic E-state index is 12.9. The van der Waals surface area contributed by atoms with Crippen molar-refractivity contribution in [2.24, 2.45) is 5.92 Å². The Morgan fingerprint density at radius 1 is 1.44 bits per heavy atom. The van der Waals surface area contributed by atoms with Gasteiger partial charge in [0.1, 0.15) is 17.6 Å². The Balaban J connectivity index is 1.55. The minimum atomic E-state index is -0.385. The fourth-order valence-electron chi connectivity index (χ4n) is 3.05. The molecular weight excluding hydrogens is 345 g/mol. The number of halogens is 2. The number of piperidine rings is 1. The average Bonchev–Trinajstić information content (AvgIpc) is 3.06. The molecule has 2 heterocycles. The quantitative estimate of drug-likeness (QED) is 0.814. The summed E-state index contributed by atoms with van der Waals surface area (Å²) in [4.78, 5) is 14.6. The Kier molecular flexibility index (Phi) is 5.58. The number of ether oxygens (including phenoxy) is 1. The largest absolute Gasteiger partial charge is 0.493 e. The van der Waals surface area contributed by atoms with Gasteiger partial charge in [-0.25, -0.2) is 4.39 Å². The third kappa shape index (κ3) is 4.51. The molecule has 134 valence electrons. The molecule has 0 spiro atoms. The number of likely N-dealkylation sites (tertiary alicyclic amines) is 1. The fourth-order valence-corrected chi connectivity index (χ4v) is 3.19. The zero-order valence-corrected chi connectivity index (χ0v) is 14.8. The molecule has 1 fully saturated rings. The topological polar surface area (TPSA) is 47.4 Å². The van der Waals surface area contributed by atoms with Crippen LogP contribution in [0.2, 0.25) is 5.02 Å². The van der Waals surface area contributed by atoms with Gasteiger partial charge >= 0.3 is 0 Å². The highest BCUT2D eigenvalue weighted by molar-refractivity contribution is 6.30. The second-order valence-corrected chi connectivity index (χ2v) is 6.81. The number of hydrogen-bond acceptors (Lipinski definition) is 3. The van der Waals surface area contributed by atoms with Crippen LogP contribution in [0.5, 0.6) is 5.75 Å². The number of rotatable bonds is 5. The molecule has 7 heteroatoms. The molecule has 1 aliphatic rings. The molecule has 1 saturated heterocycles. The van der Waals surface area contributed by atoms with Crippen molar-refractivity contribution in [2.45, 2.75) is 25.8 Å². The fraction of sp³-hybridized carbons (Fsp3) is 0.444. The van der Waals surface area contributed by atoms with Crippen molar-refractivity contribution in [3.05, 3.63) is 47.5 Å². The molecule has 25 heavy (non-hydrogen) atoms. The van der Waals surface area contributed by atoms with Crippen LogP contribution in [0.4, 0.5) is 4.39 Å². The highest BCUT2D eigenvalue weighted by Gasteiger charge is 2.28. The first-order valence-electron chi connectivity index (χ1n) is 8.40. The molecule has 0 N–H and O–H groups in total. The number of aromatic nitrogens is 2. The van der Waals surface area contributed by atoms with Gasteiger partial charge in [0.05, 0.1) is 17.8 Å². The van der Waals surface area contributed by atoms with E-state index in [0.29, 0.717) is 23.9 Å². The van der Waals surface area contributed by atoms with E-state index in [-0.39, 0.29) is 23.7 Å². The van der Waals surface area contributed by atoms with Crippen molar-refractivity contribution >= 4 is 17.5 Å². The van der Waals surface area contributed by atoms with Crippen LogP contribution in [0.25, 0.3) is 0 Å². The van der Waals surface area contributed by atoms with Crippen LogP contribution in [0, 0.1) is 11.7 Å². The summed E-state index contributed by atoms with van der Waals surface area (Å²) in [6.07, 6.45) is 5.13. The normalized spacial score (nSPS) is 18.8. The van der Waals surface area contributed by atoms with E-state index in [9.17, 15) is 9.18 Å². The first kappa shape index (κ1) is 17.7. The van der Waals surface area contributed by atoms with Crippen molar-refractivity contribution in [1.82, 2.24) is 14.7 Å². The van der Waals surface area contributed by atoms with E-state index in [2.05, 4.69) is 5.10 Å². The molecule has 5 nitrogen and oxygen atoms in total. The molecule has 0 aliphatic carbocycles. The van der Waals surface area contributed by atoms with Crippen molar-refractivity contribution in [3.63, 3.8) is 0 Å². The van der Waals surface area contributed by atoms with E-state index in [4.69, 9.17) is 16.3 Å². The molecule has 2 aromatic rings. The number of carbonyl (C=O) groups is 1. The number of amides is 1. The molecular formula is C18H21ClFN3O2. The smallest absolute Gasteiger partial charge is 0.247 e. The van der Waals surface area contributed by atoms with Gasteiger partial charge in [-0.05, 0) is 44.0 Å². The maximum atomic E-state index is 12.9. The van der Waals surface area contributed by atoms with Crippen LogP contribution in [0.15, 0.2) is 36.7 Å². The maximum Gasteiger partial charge on any atom is 0.247 e. The summed E-state index contributed by atoms with van der Waals surface area (Å²) in [5, 5.41) is 4.63. The molecule has 2 atom stereocenters. The van der Waals surface area contributed by atoms with E-state index in [1.807, 2.05) is 11.8 Å². The second-order valence-electron chi connectivity index (χ2n) is 6.37. The van der Waals surface area contributed by atoms with Crippen LogP contribution < -0.4 is 4.74 Å². The monoisotopic (exact) mass is 365 g/mol. The van der Waals surface area contributed by atoms with Crippen molar-refractivity contribution in [2.75, 3.05) is 19.7 Å². The van der Waals surface area contributed by atoms with Gasteiger partial charge < -0.3 is 9.64 Å². The first-order chi connectivity index (χ1) is 12.0. The molecule has 3 rings (SSSR count). The van der Waals surface area contributed by atoms with Crippen LogP contribution in [0.1, 0.15) is 25.8 Å². The van der Waals surface area contributed by atoms with E-state index in [1.54, 1.807) is 23.0 Å². The molecule has 0 saturated carbocycles. The third-order valence-corrected chi connectivity index (χ3v) is 4.65. The Hall–Kier alpha value is -2.08. The van der Waals surface area contributed by atoms with Gasteiger partial charge in [0.25, 0.3) is 0 Å². The highest BCUT2D eigenvalue weighted by Crippen LogP contribution is 2.22. The lowest BCUT2D eigenvalue weighted by atomic mass is 9.98. The summed E-state index contributed by atoms with van der Waals surface area (Å²) >= 11 is 5.88. The summed E-state index contributed by atoms with van der Waals surface area (Å²) in [6, 6.07) is 5.60. The molecule has 1 aromatic carbocycles. The molecule has 0 radical (unpaired) electrons. The molecule has 0 bridgehead atoms. The summed E-state index contributed by atoms with van der Waals surface area (Å²) in [7, 11) is 0. The SMILES string of the molecule is C[C@H](C(=O)N1CCC[C@@H](COc2ccc(F)cc2)C1)n1cc(Cl)cn1. The van der Waals surface area contributed by atoms with E-state index < -0.39 is 0 Å². The van der Waals surface area contributed by atoms with Gasteiger partial charge in [-0.2, -0.15) is 5.10 Å². The number of benzene rings is 1. The van der Waals surface area contributed by atoms with Gasteiger partial charge in [0, 0.05) is 25.2 Å². The highest BCUT2D eigenvalue weighted by atomic mass is 35.5. The zero-order valence-electron chi connectivity index (χ0n) is 14.1. The second kappa shape index (κ2) is 7.87. The van der Waals surface area contributed by atoms with Gasteiger partial charge in [0.15, 0.2) is 0 Å². The number of nitrogens with zero attached hydrogens (tertiary/aromatic N) is 3. The minimum Gasteiger partial charge on any atom is -0.493 e. The lowest BCUT2D eigenvalue weighted by Gasteiger charge is -2.34. The van der Waals surface area contributed by atoms with Crippen molar-refractivity contribution in [3.8, 4) is 5.75 Å². The first-order valence-corrected chi connectivity index (χ1v) is 8.77. The Labute approximate surface area is 151 Å². The Morgan fingerprint density at radius 3 is 2.88 bits per heavy atom. The van der Waals surface area contributed by atoms with Crippen LogP contribution in [0.3, 0.4) is 0 Å². The summed E-state index contributed by atoms with van der Waals surface area (Å²) in [6.45, 7) is 3.73. The molecule has 1 amide bonds. The lowest BCUT2D eigenvalue weighted by molar-refractivity contribution is -0.136. The predicted octanol–water partition coefficient (Wildman–Crippen LogP) is 3.55. The summed E-state index contributed by atoms with van der Waals surface area (Å²) < 4.78 is 20.2. The van der Waals surface area contributed by atoms with Gasteiger partial charge in [0.2, 0.25) is 5.91 Å². The zero-order chi connectivity index (χ0) is 17.8. The average molecular weight is 366 g/mol. The number of carbonyl (C=O) groups excluding carboxylic acids is 1. The van der Waals surface area contributed by atoms with E-state index >= 15 is 0 Å². The third-order valence-electron chi connectivity index (χ3n) is 4.45. The Bertz CT molecular complexity index is 719. The van der Waals surface area contributed by atoms with Crippen molar-refractivity contribution in [1.29, 1.82) is 0 Å². The van der Waals surface area contributed by atoms with Crippen LogP contribution in [-0.2, 0) is 4.79 Å². The summed E-state index contributed by atoms with van der Waals surface area (Å²) in [5.74, 6) is 0.654. The molecule has 1 aliphatic heterocycles. The van der Waals surface area contributed by atoms with Crippen molar-refractivity contribution < 1.29 is 13.9 Å². The number of hydrogen-bond donors (Lipinski definition) is 0. The van der Waals surface area contributed by atoms with Gasteiger partial charge in [-0.15, -0.1) is 0 Å². The van der Waals surface area contributed by atoms with Crippen LogP contribution in [-0.4, -0.2) is 40.3 Å². The molecule has 1 aromatic heterocycles. The predicted molar refractivity (Wildman–Crippen MR) is 93.1 cm³/mol. The summed E-state index contributed by atoms with van der Waals surface area (Å²) in [5.41, 5.74) is 0.